The summed E-state index contributed by atoms with van der Waals surface area (Å²) in [7, 11) is 0. The van der Waals surface area contributed by atoms with Crippen LogP contribution in [0.3, 0.4) is 0 Å². The van der Waals surface area contributed by atoms with E-state index in [4.69, 9.17) is 4.74 Å². The largest absolute Gasteiger partial charge is 0.488 e. The number of fused-ring (bicyclic) bond motifs is 2. The smallest absolute Gasteiger partial charge is 0.123 e. The van der Waals surface area contributed by atoms with Crippen LogP contribution in [0.15, 0.2) is 30.3 Å². The molecule has 0 spiro atoms. The molecule has 1 aliphatic heterocycles. The van der Waals surface area contributed by atoms with Crippen LogP contribution in [0.2, 0.25) is 0 Å². The molecule has 1 atom stereocenters. The maximum absolute atomic E-state index is 5.95. The highest BCUT2D eigenvalue weighted by atomic mass is 32.1. The summed E-state index contributed by atoms with van der Waals surface area (Å²) in [5, 5.41) is 3.55. The normalized spacial score (nSPS) is 19.7. The molecule has 0 fully saturated rings. The first-order valence-electron chi connectivity index (χ1n) is 7.44. The zero-order chi connectivity index (χ0) is 13.4. The first kappa shape index (κ1) is 12.4. The molecule has 1 aliphatic carbocycles. The van der Waals surface area contributed by atoms with E-state index in [1.165, 1.54) is 29.7 Å². The van der Waals surface area contributed by atoms with Crippen LogP contribution >= 0.6 is 11.3 Å². The zero-order valence-corrected chi connectivity index (χ0v) is 12.3. The van der Waals surface area contributed by atoms with Crippen molar-refractivity contribution in [2.45, 2.75) is 38.3 Å². The van der Waals surface area contributed by atoms with Gasteiger partial charge in [0.05, 0.1) is 0 Å². The van der Waals surface area contributed by atoms with Gasteiger partial charge in [0.15, 0.2) is 0 Å². The molecular weight excluding hydrogens is 266 g/mol. The van der Waals surface area contributed by atoms with E-state index in [2.05, 4.69) is 29.6 Å². The molecule has 0 bridgehead atoms. The number of hydrogen-bond acceptors (Lipinski definition) is 3. The molecule has 0 saturated heterocycles. The van der Waals surface area contributed by atoms with E-state index in [0.717, 1.165) is 25.3 Å². The minimum atomic E-state index is 0.291. The van der Waals surface area contributed by atoms with Crippen LogP contribution in [0.1, 0.15) is 27.3 Å². The van der Waals surface area contributed by atoms with Crippen LogP contribution in [0.5, 0.6) is 5.75 Å². The van der Waals surface area contributed by atoms with Gasteiger partial charge in [-0.2, -0.15) is 0 Å². The molecule has 2 aliphatic rings. The molecule has 104 valence electrons. The van der Waals surface area contributed by atoms with Crippen LogP contribution in [0.25, 0.3) is 0 Å². The van der Waals surface area contributed by atoms with Gasteiger partial charge in [0.2, 0.25) is 0 Å². The predicted molar refractivity (Wildman–Crippen MR) is 82.6 cm³/mol. The van der Waals surface area contributed by atoms with Gasteiger partial charge in [0.25, 0.3) is 0 Å². The highest BCUT2D eigenvalue weighted by Crippen LogP contribution is 2.31. The number of benzene rings is 1. The van der Waals surface area contributed by atoms with Gasteiger partial charge in [0.1, 0.15) is 11.9 Å². The molecule has 1 unspecified atom stereocenters. The maximum Gasteiger partial charge on any atom is 0.123 e. The lowest BCUT2D eigenvalue weighted by molar-refractivity contribution is 0.227. The third kappa shape index (κ3) is 2.36. The summed E-state index contributed by atoms with van der Waals surface area (Å²) in [6.07, 6.45) is 5.25. The summed E-state index contributed by atoms with van der Waals surface area (Å²) in [5.41, 5.74) is 2.94. The summed E-state index contributed by atoms with van der Waals surface area (Å²) in [5.74, 6) is 1.06. The summed E-state index contributed by atoms with van der Waals surface area (Å²) < 4.78 is 5.95. The Bertz CT molecular complexity index is 573. The number of ether oxygens (including phenoxy) is 1. The van der Waals surface area contributed by atoms with Gasteiger partial charge in [0, 0.05) is 29.3 Å². The molecule has 2 nitrogen and oxygen atoms in total. The summed E-state index contributed by atoms with van der Waals surface area (Å²) >= 11 is 1.99. The SMILES string of the molecule is c1ccc2c(c1)CC(CNCc1cc3c(s1)CCC3)O2. The lowest BCUT2D eigenvalue weighted by Crippen LogP contribution is -2.29. The van der Waals surface area contributed by atoms with Gasteiger partial charge in [-0.15, -0.1) is 11.3 Å². The average Bonchev–Trinajstić information content (AvgIpc) is 3.10. The van der Waals surface area contributed by atoms with Crippen LogP contribution < -0.4 is 10.1 Å². The van der Waals surface area contributed by atoms with Crippen molar-refractivity contribution in [2.75, 3.05) is 6.54 Å². The van der Waals surface area contributed by atoms with Gasteiger partial charge in [-0.05, 0) is 42.5 Å². The van der Waals surface area contributed by atoms with Crippen molar-refractivity contribution in [3.63, 3.8) is 0 Å². The average molecular weight is 285 g/mol. The molecular formula is C17H19NOS. The maximum atomic E-state index is 5.95. The Hall–Kier alpha value is -1.32. The fourth-order valence-electron chi connectivity index (χ4n) is 3.20. The van der Waals surface area contributed by atoms with Crippen molar-refractivity contribution in [3.05, 3.63) is 51.2 Å². The van der Waals surface area contributed by atoms with Crippen molar-refractivity contribution in [2.24, 2.45) is 0 Å². The lowest BCUT2D eigenvalue weighted by Gasteiger charge is -2.11. The lowest BCUT2D eigenvalue weighted by atomic mass is 10.1. The van der Waals surface area contributed by atoms with Crippen LogP contribution in [-0.2, 0) is 25.8 Å². The molecule has 20 heavy (non-hydrogen) atoms. The zero-order valence-electron chi connectivity index (χ0n) is 11.5. The summed E-state index contributed by atoms with van der Waals surface area (Å²) in [6, 6.07) is 10.8. The summed E-state index contributed by atoms with van der Waals surface area (Å²) in [6.45, 7) is 1.91. The Labute approximate surface area is 123 Å². The second kappa shape index (κ2) is 5.23. The topological polar surface area (TPSA) is 21.3 Å². The summed E-state index contributed by atoms with van der Waals surface area (Å²) in [4.78, 5) is 3.09. The molecule has 3 heteroatoms. The highest BCUT2D eigenvalue weighted by molar-refractivity contribution is 7.12. The van der Waals surface area contributed by atoms with E-state index < -0.39 is 0 Å². The molecule has 0 radical (unpaired) electrons. The van der Waals surface area contributed by atoms with E-state index in [1.54, 1.807) is 10.4 Å². The van der Waals surface area contributed by atoms with Crippen molar-refractivity contribution in [1.29, 1.82) is 0 Å². The van der Waals surface area contributed by atoms with E-state index in [1.807, 2.05) is 17.4 Å². The van der Waals surface area contributed by atoms with Gasteiger partial charge in [-0.1, -0.05) is 18.2 Å². The molecule has 0 amide bonds. The molecule has 4 rings (SSSR count). The Kier molecular flexibility index (Phi) is 3.25. The van der Waals surface area contributed by atoms with Crippen LogP contribution in [0.4, 0.5) is 0 Å². The number of nitrogens with one attached hydrogen (secondary N) is 1. The number of hydrogen-bond donors (Lipinski definition) is 1. The first-order valence-corrected chi connectivity index (χ1v) is 8.26. The fraction of sp³-hybridized carbons (Fsp3) is 0.412. The van der Waals surface area contributed by atoms with E-state index in [9.17, 15) is 0 Å². The molecule has 2 heterocycles. The number of para-hydroxylation sites is 1. The second-order valence-corrected chi connectivity index (χ2v) is 6.92. The quantitative estimate of drug-likeness (QED) is 0.930. The number of thiophene rings is 1. The predicted octanol–water partition coefficient (Wildman–Crippen LogP) is 3.33. The monoisotopic (exact) mass is 285 g/mol. The van der Waals surface area contributed by atoms with E-state index in [-0.39, 0.29) is 0 Å². The van der Waals surface area contributed by atoms with Gasteiger partial charge < -0.3 is 10.1 Å². The molecule has 2 aromatic rings. The number of rotatable bonds is 4. The molecule has 1 N–H and O–H groups in total. The second-order valence-electron chi connectivity index (χ2n) is 5.70. The van der Waals surface area contributed by atoms with Crippen molar-refractivity contribution in [1.82, 2.24) is 5.32 Å². The fourth-order valence-corrected chi connectivity index (χ4v) is 4.43. The third-order valence-electron chi connectivity index (χ3n) is 4.18. The van der Waals surface area contributed by atoms with Gasteiger partial charge >= 0.3 is 0 Å². The van der Waals surface area contributed by atoms with Crippen LogP contribution in [0, 0.1) is 0 Å². The standard InChI is InChI=1S/C17H19NOS/c1-2-6-16-12(4-1)8-14(19-16)10-18-11-15-9-13-5-3-7-17(13)20-15/h1-2,4,6,9,14,18H,3,5,7-8,10-11H2. The van der Waals surface area contributed by atoms with E-state index >= 15 is 0 Å². The van der Waals surface area contributed by atoms with Gasteiger partial charge in [-0.3, -0.25) is 0 Å². The highest BCUT2D eigenvalue weighted by Gasteiger charge is 2.22. The first-order chi connectivity index (χ1) is 9.88. The molecule has 0 saturated carbocycles. The minimum absolute atomic E-state index is 0.291. The number of aryl methyl sites for hydroxylation is 2. The van der Waals surface area contributed by atoms with Crippen molar-refractivity contribution >= 4 is 11.3 Å². The Morgan fingerprint density at radius 3 is 3.05 bits per heavy atom. The minimum Gasteiger partial charge on any atom is -0.488 e. The third-order valence-corrected chi connectivity index (χ3v) is 5.42. The van der Waals surface area contributed by atoms with Crippen molar-refractivity contribution in [3.8, 4) is 5.75 Å². The Balaban J connectivity index is 1.29. The Morgan fingerprint density at radius 1 is 1.20 bits per heavy atom. The van der Waals surface area contributed by atoms with Gasteiger partial charge in [-0.25, -0.2) is 0 Å². The van der Waals surface area contributed by atoms with Crippen molar-refractivity contribution < 1.29 is 4.74 Å². The van der Waals surface area contributed by atoms with E-state index in [0.29, 0.717) is 6.10 Å². The van der Waals surface area contributed by atoms with Crippen LogP contribution in [-0.4, -0.2) is 12.6 Å². The Morgan fingerprint density at radius 2 is 2.15 bits per heavy atom. The molecule has 1 aromatic carbocycles. The molecule has 1 aromatic heterocycles.